The van der Waals surface area contributed by atoms with Gasteiger partial charge in [-0.1, -0.05) is 0 Å². The number of hydrogen-bond acceptors (Lipinski definition) is 4. The Bertz CT molecular complexity index is 400. The van der Waals surface area contributed by atoms with Crippen LogP contribution in [0.3, 0.4) is 0 Å². The first-order valence-electron chi connectivity index (χ1n) is 6.52. The second-order valence-corrected chi connectivity index (χ2v) is 4.46. The predicted molar refractivity (Wildman–Crippen MR) is 67.9 cm³/mol. The Hall–Kier alpha value is -1.42. The Kier molecular flexibility index (Phi) is 4.70. The largest absolute Gasteiger partial charge is 0.492 e. The summed E-state index contributed by atoms with van der Waals surface area (Å²) in [5.74, 6) is 0.726. The second-order valence-electron chi connectivity index (χ2n) is 4.46. The van der Waals surface area contributed by atoms with Gasteiger partial charge in [0.1, 0.15) is 5.75 Å². The van der Waals surface area contributed by atoms with Crippen molar-refractivity contribution >= 4 is 5.78 Å². The molecule has 98 valence electrons. The SMILES string of the molecule is CCOc1cncc(C(=O)CC2CCCCO2)c1. The fourth-order valence-corrected chi connectivity index (χ4v) is 2.11. The normalized spacial score (nSPS) is 19.5. The third kappa shape index (κ3) is 3.53. The molecule has 1 saturated heterocycles. The second kappa shape index (κ2) is 6.50. The fraction of sp³-hybridized carbons (Fsp3) is 0.571. The van der Waals surface area contributed by atoms with Gasteiger partial charge in [-0.3, -0.25) is 9.78 Å². The molecule has 1 aliphatic heterocycles. The van der Waals surface area contributed by atoms with Crippen LogP contribution in [-0.4, -0.2) is 30.1 Å². The van der Waals surface area contributed by atoms with Crippen LogP contribution in [0.5, 0.6) is 5.75 Å². The minimum atomic E-state index is 0.0713. The summed E-state index contributed by atoms with van der Waals surface area (Å²) in [7, 11) is 0. The van der Waals surface area contributed by atoms with Gasteiger partial charge in [-0.15, -0.1) is 0 Å². The highest BCUT2D eigenvalue weighted by Crippen LogP contribution is 2.19. The number of aromatic nitrogens is 1. The average Bonchev–Trinajstić information content (AvgIpc) is 2.40. The maximum Gasteiger partial charge on any atom is 0.167 e. The van der Waals surface area contributed by atoms with Gasteiger partial charge in [-0.2, -0.15) is 0 Å². The first kappa shape index (κ1) is 13.0. The minimum absolute atomic E-state index is 0.0713. The van der Waals surface area contributed by atoms with Gasteiger partial charge >= 0.3 is 0 Å². The minimum Gasteiger partial charge on any atom is -0.492 e. The highest BCUT2D eigenvalue weighted by Gasteiger charge is 2.19. The van der Waals surface area contributed by atoms with Crippen molar-refractivity contribution in [1.29, 1.82) is 0 Å². The molecule has 0 aliphatic carbocycles. The van der Waals surface area contributed by atoms with E-state index in [2.05, 4.69) is 4.98 Å². The molecule has 0 amide bonds. The van der Waals surface area contributed by atoms with Gasteiger partial charge in [0, 0.05) is 24.8 Å². The number of pyridine rings is 1. The zero-order chi connectivity index (χ0) is 12.8. The molecular weight excluding hydrogens is 230 g/mol. The van der Waals surface area contributed by atoms with Crippen LogP contribution in [0.4, 0.5) is 0 Å². The van der Waals surface area contributed by atoms with Gasteiger partial charge in [0.25, 0.3) is 0 Å². The molecule has 1 atom stereocenters. The van der Waals surface area contributed by atoms with Gasteiger partial charge < -0.3 is 9.47 Å². The Morgan fingerprint density at radius 2 is 2.39 bits per heavy atom. The van der Waals surface area contributed by atoms with Crippen LogP contribution < -0.4 is 4.74 Å². The summed E-state index contributed by atoms with van der Waals surface area (Å²) in [6.07, 6.45) is 6.95. The van der Waals surface area contributed by atoms with E-state index in [1.807, 2.05) is 6.92 Å². The molecule has 1 fully saturated rings. The van der Waals surface area contributed by atoms with Crippen molar-refractivity contribution in [3.05, 3.63) is 24.0 Å². The number of hydrogen-bond donors (Lipinski definition) is 0. The monoisotopic (exact) mass is 249 g/mol. The molecule has 1 aromatic rings. The van der Waals surface area contributed by atoms with Crippen LogP contribution in [0.15, 0.2) is 18.5 Å². The molecule has 0 saturated carbocycles. The molecule has 1 aliphatic rings. The standard InChI is InChI=1S/C14H19NO3/c1-2-17-13-7-11(9-15-10-13)14(16)8-12-5-3-4-6-18-12/h7,9-10,12H,2-6,8H2,1H3. The van der Waals surface area contributed by atoms with Gasteiger partial charge in [0.15, 0.2) is 5.78 Å². The summed E-state index contributed by atoms with van der Waals surface area (Å²) in [6, 6.07) is 1.75. The van der Waals surface area contributed by atoms with E-state index in [-0.39, 0.29) is 11.9 Å². The lowest BCUT2D eigenvalue weighted by Gasteiger charge is -2.21. The predicted octanol–water partition coefficient (Wildman–Crippen LogP) is 2.62. The van der Waals surface area contributed by atoms with E-state index in [1.165, 1.54) is 0 Å². The van der Waals surface area contributed by atoms with Crippen molar-refractivity contribution in [2.75, 3.05) is 13.2 Å². The van der Waals surface area contributed by atoms with E-state index in [9.17, 15) is 4.79 Å². The molecule has 18 heavy (non-hydrogen) atoms. The molecule has 0 bridgehead atoms. The highest BCUT2D eigenvalue weighted by atomic mass is 16.5. The fourth-order valence-electron chi connectivity index (χ4n) is 2.11. The number of Topliss-reactive ketones (excluding diaryl/α,β-unsaturated/α-hetero) is 1. The molecule has 0 aromatic carbocycles. The Morgan fingerprint density at radius 1 is 1.50 bits per heavy atom. The molecule has 0 radical (unpaired) electrons. The van der Waals surface area contributed by atoms with Crippen LogP contribution in [0, 0.1) is 0 Å². The van der Waals surface area contributed by atoms with Crippen molar-refractivity contribution in [3.8, 4) is 5.75 Å². The first-order valence-corrected chi connectivity index (χ1v) is 6.52. The summed E-state index contributed by atoms with van der Waals surface area (Å²) in [4.78, 5) is 16.1. The van der Waals surface area contributed by atoms with Crippen molar-refractivity contribution in [2.45, 2.75) is 38.7 Å². The van der Waals surface area contributed by atoms with Crippen LogP contribution in [0.2, 0.25) is 0 Å². The van der Waals surface area contributed by atoms with Gasteiger partial charge in [0.05, 0.1) is 18.9 Å². The summed E-state index contributed by atoms with van der Waals surface area (Å²) < 4.78 is 10.9. The summed E-state index contributed by atoms with van der Waals surface area (Å²) in [5.41, 5.74) is 0.607. The summed E-state index contributed by atoms with van der Waals surface area (Å²) in [6.45, 7) is 3.25. The third-order valence-corrected chi connectivity index (χ3v) is 3.03. The van der Waals surface area contributed by atoms with Crippen LogP contribution in [0.1, 0.15) is 43.0 Å². The topological polar surface area (TPSA) is 48.4 Å². The lowest BCUT2D eigenvalue weighted by molar-refractivity contribution is 0.0129. The maximum atomic E-state index is 12.1. The van der Waals surface area contributed by atoms with Crippen LogP contribution in [0.25, 0.3) is 0 Å². The number of nitrogens with zero attached hydrogens (tertiary/aromatic N) is 1. The lowest BCUT2D eigenvalue weighted by atomic mass is 10.0. The maximum absolute atomic E-state index is 12.1. The molecule has 1 unspecified atom stereocenters. The quantitative estimate of drug-likeness (QED) is 0.753. The van der Waals surface area contributed by atoms with Crippen molar-refractivity contribution in [1.82, 2.24) is 4.98 Å². The number of ether oxygens (including phenoxy) is 2. The molecule has 2 rings (SSSR count). The Balaban J connectivity index is 1.96. The van der Waals surface area contributed by atoms with Crippen LogP contribution in [-0.2, 0) is 4.74 Å². The summed E-state index contributed by atoms with van der Waals surface area (Å²) in [5, 5.41) is 0. The molecule has 2 heterocycles. The van der Waals surface area contributed by atoms with Crippen molar-refractivity contribution in [2.24, 2.45) is 0 Å². The molecule has 0 N–H and O–H groups in total. The molecular formula is C14H19NO3. The molecule has 4 nitrogen and oxygen atoms in total. The zero-order valence-corrected chi connectivity index (χ0v) is 10.7. The van der Waals surface area contributed by atoms with E-state index in [4.69, 9.17) is 9.47 Å². The lowest BCUT2D eigenvalue weighted by Crippen LogP contribution is -2.22. The molecule has 0 spiro atoms. The Morgan fingerprint density at radius 3 is 3.11 bits per heavy atom. The van der Waals surface area contributed by atoms with E-state index in [1.54, 1.807) is 18.5 Å². The van der Waals surface area contributed by atoms with E-state index in [0.717, 1.165) is 25.9 Å². The van der Waals surface area contributed by atoms with Gasteiger partial charge in [-0.25, -0.2) is 0 Å². The number of ketones is 1. The van der Waals surface area contributed by atoms with E-state index < -0.39 is 0 Å². The molecule has 4 heteroatoms. The smallest absolute Gasteiger partial charge is 0.167 e. The van der Waals surface area contributed by atoms with E-state index in [0.29, 0.717) is 24.3 Å². The molecule has 1 aromatic heterocycles. The van der Waals surface area contributed by atoms with E-state index >= 15 is 0 Å². The number of rotatable bonds is 5. The third-order valence-electron chi connectivity index (χ3n) is 3.03. The number of carbonyl (C=O) groups is 1. The first-order chi connectivity index (χ1) is 8.79. The number of carbonyl (C=O) groups excluding carboxylic acids is 1. The Labute approximate surface area is 107 Å². The highest BCUT2D eigenvalue weighted by molar-refractivity contribution is 5.96. The zero-order valence-electron chi connectivity index (χ0n) is 10.7. The van der Waals surface area contributed by atoms with Crippen molar-refractivity contribution < 1.29 is 14.3 Å². The van der Waals surface area contributed by atoms with Gasteiger partial charge in [0.2, 0.25) is 0 Å². The average molecular weight is 249 g/mol. The van der Waals surface area contributed by atoms with Gasteiger partial charge in [-0.05, 0) is 32.3 Å². The van der Waals surface area contributed by atoms with Crippen molar-refractivity contribution in [3.63, 3.8) is 0 Å². The summed E-state index contributed by atoms with van der Waals surface area (Å²) >= 11 is 0. The van der Waals surface area contributed by atoms with Crippen LogP contribution >= 0.6 is 0 Å².